The lowest BCUT2D eigenvalue weighted by molar-refractivity contribution is -0.120. The van der Waals surface area contributed by atoms with E-state index in [0.717, 1.165) is 10.0 Å². The molecule has 3 aromatic carbocycles. The van der Waals surface area contributed by atoms with E-state index >= 15 is 0 Å². The first-order chi connectivity index (χ1) is 13.5. The number of anilines is 1. The van der Waals surface area contributed by atoms with E-state index in [2.05, 4.69) is 21.2 Å². The van der Waals surface area contributed by atoms with Gasteiger partial charge in [0.05, 0.1) is 5.56 Å². The molecule has 28 heavy (non-hydrogen) atoms. The molecule has 0 atom stereocenters. The lowest BCUT2D eigenvalue weighted by atomic mass is 10.1. The molecule has 0 aromatic heterocycles. The van der Waals surface area contributed by atoms with Gasteiger partial charge in [0.25, 0.3) is 5.91 Å². The molecule has 0 heterocycles. The van der Waals surface area contributed by atoms with E-state index in [4.69, 9.17) is 16.3 Å². The highest BCUT2D eigenvalue weighted by atomic mass is 79.9. The molecule has 0 spiro atoms. The van der Waals surface area contributed by atoms with Gasteiger partial charge in [0.1, 0.15) is 12.4 Å². The summed E-state index contributed by atoms with van der Waals surface area (Å²) >= 11 is 9.21. The maximum atomic E-state index is 12.6. The summed E-state index contributed by atoms with van der Waals surface area (Å²) in [5.74, 6) is -0.0323. The number of nitrogens with one attached hydrogen (secondary N) is 1. The van der Waals surface area contributed by atoms with Crippen molar-refractivity contribution in [3.05, 3.63) is 93.4 Å². The Labute approximate surface area is 176 Å². The molecule has 3 rings (SSSR count). The second kappa shape index (κ2) is 9.53. The Morgan fingerprint density at radius 1 is 0.929 bits per heavy atom. The van der Waals surface area contributed by atoms with E-state index in [-0.39, 0.29) is 24.7 Å². The SMILES string of the molecule is O=C(COc1ccccc1C(=O)Nc1ccc(Br)cc1)Cc1ccc(Cl)cc1. The predicted octanol–water partition coefficient (Wildman–Crippen LogP) is 5.55. The van der Waals surface area contributed by atoms with E-state index in [0.29, 0.717) is 22.0 Å². The monoisotopic (exact) mass is 457 g/mol. The van der Waals surface area contributed by atoms with Gasteiger partial charge in [-0.05, 0) is 54.1 Å². The van der Waals surface area contributed by atoms with Crippen molar-refractivity contribution in [1.29, 1.82) is 0 Å². The minimum absolute atomic E-state index is 0.0922. The Hall–Kier alpha value is -2.63. The molecular formula is C22H17BrClNO3. The van der Waals surface area contributed by atoms with Gasteiger partial charge in [-0.3, -0.25) is 9.59 Å². The molecule has 1 amide bonds. The topological polar surface area (TPSA) is 55.4 Å². The molecule has 0 aliphatic carbocycles. The summed E-state index contributed by atoms with van der Waals surface area (Å²) in [4.78, 5) is 24.8. The van der Waals surface area contributed by atoms with Crippen molar-refractivity contribution in [3.63, 3.8) is 0 Å². The zero-order valence-corrected chi connectivity index (χ0v) is 17.2. The van der Waals surface area contributed by atoms with Crippen LogP contribution in [-0.4, -0.2) is 18.3 Å². The van der Waals surface area contributed by atoms with Gasteiger partial charge in [0.15, 0.2) is 5.78 Å². The number of hydrogen-bond donors (Lipinski definition) is 1. The van der Waals surface area contributed by atoms with Crippen LogP contribution in [0.5, 0.6) is 5.75 Å². The van der Waals surface area contributed by atoms with E-state index in [9.17, 15) is 9.59 Å². The molecule has 0 saturated heterocycles. The van der Waals surface area contributed by atoms with Crippen molar-refractivity contribution in [3.8, 4) is 5.75 Å². The highest BCUT2D eigenvalue weighted by Gasteiger charge is 2.14. The largest absolute Gasteiger partial charge is 0.485 e. The van der Waals surface area contributed by atoms with E-state index in [1.165, 1.54) is 0 Å². The van der Waals surface area contributed by atoms with Crippen molar-refractivity contribution in [1.82, 2.24) is 0 Å². The highest BCUT2D eigenvalue weighted by molar-refractivity contribution is 9.10. The molecule has 0 aliphatic heterocycles. The Morgan fingerprint density at radius 3 is 2.32 bits per heavy atom. The zero-order chi connectivity index (χ0) is 19.9. The molecule has 0 bridgehead atoms. The van der Waals surface area contributed by atoms with Crippen LogP contribution in [0.2, 0.25) is 5.02 Å². The van der Waals surface area contributed by atoms with Crippen LogP contribution in [0.25, 0.3) is 0 Å². The lowest BCUT2D eigenvalue weighted by Crippen LogP contribution is -2.17. The van der Waals surface area contributed by atoms with Crippen LogP contribution in [-0.2, 0) is 11.2 Å². The summed E-state index contributed by atoms with van der Waals surface area (Å²) in [7, 11) is 0. The average molecular weight is 459 g/mol. The van der Waals surface area contributed by atoms with Crippen LogP contribution >= 0.6 is 27.5 Å². The first-order valence-electron chi connectivity index (χ1n) is 8.56. The molecule has 142 valence electrons. The van der Waals surface area contributed by atoms with Crippen molar-refractivity contribution < 1.29 is 14.3 Å². The number of amides is 1. The summed E-state index contributed by atoms with van der Waals surface area (Å²) in [6.07, 6.45) is 0.241. The van der Waals surface area contributed by atoms with Crippen LogP contribution in [0, 0.1) is 0 Å². The Morgan fingerprint density at radius 2 is 1.61 bits per heavy atom. The number of para-hydroxylation sites is 1. The van der Waals surface area contributed by atoms with Crippen LogP contribution in [0.3, 0.4) is 0 Å². The molecule has 4 nitrogen and oxygen atoms in total. The Bertz CT molecular complexity index is 972. The maximum Gasteiger partial charge on any atom is 0.259 e. The quantitative estimate of drug-likeness (QED) is 0.505. The Balaban J connectivity index is 1.63. The van der Waals surface area contributed by atoms with Gasteiger partial charge in [0.2, 0.25) is 0 Å². The summed E-state index contributed by atoms with van der Waals surface area (Å²) in [6, 6.07) is 21.2. The van der Waals surface area contributed by atoms with E-state index < -0.39 is 0 Å². The molecule has 0 aliphatic rings. The maximum absolute atomic E-state index is 12.6. The van der Waals surface area contributed by atoms with Crippen molar-refractivity contribution in [2.45, 2.75) is 6.42 Å². The number of ketones is 1. The molecule has 6 heteroatoms. The average Bonchev–Trinajstić information content (AvgIpc) is 2.70. The minimum Gasteiger partial charge on any atom is -0.485 e. The van der Waals surface area contributed by atoms with Gasteiger partial charge in [0, 0.05) is 21.6 Å². The number of carbonyl (C=O) groups excluding carboxylic acids is 2. The number of halogens is 2. The number of carbonyl (C=O) groups is 2. The van der Waals surface area contributed by atoms with Crippen molar-refractivity contribution >= 4 is 44.9 Å². The van der Waals surface area contributed by atoms with Gasteiger partial charge >= 0.3 is 0 Å². The van der Waals surface area contributed by atoms with Crippen LogP contribution in [0.15, 0.2) is 77.3 Å². The van der Waals surface area contributed by atoms with Crippen molar-refractivity contribution in [2.24, 2.45) is 0 Å². The highest BCUT2D eigenvalue weighted by Crippen LogP contribution is 2.21. The van der Waals surface area contributed by atoms with E-state index in [1.54, 1.807) is 60.7 Å². The summed E-state index contributed by atoms with van der Waals surface area (Å²) in [5, 5.41) is 3.44. The normalized spacial score (nSPS) is 10.4. The standard InChI is InChI=1S/C22H17BrClNO3/c23-16-7-11-18(12-8-16)25-22(27)20-3-1-2-4-21(20)28-14-19(26)13-15-5-9-17(24)10-6-15/h1-12H,13-14H2,(H,25,27). The summed E-state index contributed by atoms with van der Waals surface area (Å²) in [5.41, 5.74) is 1.89. The third-order valence-corrected chi connectivity index (χ3v) is 4.72. The second-order valence-electron chi connectivity index (χ2n) is 6.09. The number of ether oxygens (including phenoxy) is 1. The van der Waals surface area contributed by atoms with Crippen molar-refractivity contribution in [2.75, 3.05) is 11.9 Å². The first-order valence-corrected chi connectivity index (χ1v) is 9.73. The fourth-order valence-corrected chi connectivity index (χ4v) is 2.94. The fraction of sp³-hybridized carbons (Fsp3) is 0.0909. The molecular weight excluding hydrogens is 442 g/mol. The predicted molar refractivity (Wildman–Crippen MR) is 114 cm³/mol. The number of hydrogen-bond acceptors (Lipinski definition) is 3. The smallest absolute Gasteiger partial charge is 0.259 e. The molecule has 0 fully saturated rings. The van der Waals surface area contributed by atoms with Gasteiger partial charge in [-0.25, -0.2) is 0 Å². The van der Waals surface area contributed by atoms with Crippen LogP contribution in [0.4, 0.5) is 5.69 Å². The molecule has 0 saturated carbocycles. The zero-order valence-electron chi connectivity index (χ0n) is 14.8. The minimum atomic E-state index is -0.303. The number of rotatable bonds is 7. The molecule has 0 unspecified atom stereocenters. The lowest BCUT2D eigenvalue weighted by Gasteiger charge is -2.11. The number of Topliss-reactive ketones (excluding diaryl/α,β-unsaturated/α-hetero) is 1. The molecule has 0 radical (unpaired) electrons. The van der Waals surface area contributed by atoms with Gasteiger partial charge in [-0.15, -0.1) is 0 Å². The second-order valence-corrected chi connectivity index (χ2v) is 7.44. The third kappa shape index (κ3) is 5.68. The molecule has 3 aromatic rings. The van der Waals surface area contributed by atoms with Gasteiger partial charge in [-0.1, -0.05) is 51.8 Å². The summed E-state index contributed by atoms with van der Waals surface area (Å²) < 4.78 is 6.55. The summed E-state index contributed by atoms with van der Waals surface area (Å²) in [6.45, 7) is -0.120. The number of benzene rings is 3. The molecule has 1 N–H and O–H groups in total. The third-order valence-electron chi connectivity index (χ3n) is 3.94. The van der Waals surface area contributed by atoms with Crippen LogP contribution < -0.4 is 10.1 Å². The van der Waals surface area contributed by atoms with Gasteiger partial charge < -0.3 is 10.1 Å². The van der Waals surface area contributed by atoms with E-state index in [1.807, 2.05) is 12.1 Å². The fourth-order valence-electron chi connectivity index (χ4n) is 2.55. The van der Waals surface area contributed by atoms with Gasteiger partial charge in [-0.2, -0.15) is 0 Å². The van der Waals surface area contributed by atoms with Crippen LogP contribution in [0.1, 0.15) is 15.9 Å². The first kappa shape index (κ1) is 20.1. The Kier molecular flexibility index (Phi) is 6.85.